The lowest BCUT2D eigenvalue weighted by atomic mass is 10.00. The Bertz CT molecular complexity index is 1350. The number of carbonyl (C=O) groups is 4. The second kappa shape index (κ2) is 17.0. The zero-order valence-electron chi connectivity index (χ0n) is 26.7. The number of ketones is 1. The molecular formula is C34H44N6O5. The van der Waals surface area contributed by atoms with Crippen LogP contribution in [0.1, 0.15) is 58.0 Å². The van der Waals surface area contributed by atoms with Crippen molar-refractivity contribution in [2.75, 3.05) is 18.4 Å². The van der Waals surface area contributed by atoms with Crippen molar-refractivity contribution in [1.82, 2.24) is 25.5 Å². The number of benzene rings is 1. The van der Waals surface area contributed by atoms with Crippen LogP contribution in [0.2, 0.25) is 0 Å². The molecule has 0 unspecified atom stereocenters. The quantitative estimate of drug-likeness (QED) is 0.230. The summed E-state index contributed by atoms with van der Waals surface area (Å²) in [6.45, 7) is 10.0. The van der Waals surface area contributed by atoms with Gasteiger partial charge < -0.3 is 20.7 Å². The van der Waals surface area contributed by atoms with E-state index in [0.29, 0.717) is 31.7 Å². The van der Waals surface area contributed by atoms with Crippen LogP contribution in [0.4, 0.5) is 10.5 Å². The van der Waals surface area contributed by atoms with Gasteiger partial charge in [0.25, 0.3) is 0 Å². The summed E-state index contributed by atoms with van der Waals surface area (Å²) in [6, 6.07) is 18.1. The predicted molar refractivity (Wildman–Crippen MR) is 172 cm³/mol. The first kappa shape index (κ1) is 34.8. The lowest BCUT2D eigenvalue weighted by Crippen LogP contribution is -2.43. The molecule has 3 aromatic rings. The molecule has 11 nitrogen and oxygen atoms in total. The summed E-state index contributed by atoms with van der Waals surface area (Å²) < 4.78 is 5.18. The molecule has 3 amide bonds. The summed E-state index contributed by atoms with van der Waals surface area (Å²) in [5.41, 5.74) is 2.72. The van der Waals surface area contributed by atoms with E-state index in [2.05, 4.69) is 25.9 Å². The number of anilines is 1. The number of amides is 3. The van der Waals surface area contributed by atoms with Gasteiger partial charge in [-0.2, -0.15) is 0 Å². The van der Waals surface area contributed by atoms with Crippen LogP contribution >= 0.6 is 0 Å². The normalized spacial score (nSPS) is 12.6. The Morgan fingerprint density at radius 1 is 0.867 bits per heavy atom. The van der Waals surface area contributed by atoms with Crippen LogP contribution in [-0.2, 0) is 38.6 Å². The molecule has 0 aliphatic heterocycles. The Hall–Kier alpha value is -4.64. The molecule has 0 spiro atoms. The first-order valence-electron chi connectivity index (χ1n) is 15.1. The smallest absolute Gasteiger partial charge is 0.408 e. The van der Waals surface area contributed by atoms with Gasteiger partial charge in [-0.15, -0.1) is 0 Å². The highest BCUT2D eigenvalue weighted by molar-refractivity contribution is 5.92. The number of Topliss-reactive ketones (excluding diaryl/α,β-unsaturated/α-hetero) is 1. The van der Waals surface area contributed by atoms with E-state index in [9.17, 15) is 19.2 Å². The Balaban J connectivity index is 1.42. The number of pyridine rings is 2. The maximum absolute atomic E-state index is 12.9. The molecule has 0 radical (unpaired) electrons. The van der Waals surface area contributed by atoms with Crippen molar-refractivity contribution in [2.45, 2.75) is 72.2 Å². The third-order valence-corrected chi connectivity index (χ3v) is 6.71. The predicted octanol–water partition coefficient (Wildman–Crippen LogP) is 4.28. The summed E-state index contributed by atoms with van der Waals surface area (Å²) in [6.07, 6.45) is 3.38. The van der Waals surface area contributed by atoms with Gasteiger partial charge >= 0.3 is 6.09 Å². The van der Waals surface area contributed by atoms with Gasteiger partial charge in [0.1, 0.15) is 5.60 Å². The summed E-state index contributed by atoms with van der Waals surface area (Å²) in [7, 11) is 0. The number of aromatic nitrogens is 2. The molecule has 3 rings (SSSR count). The molecule has 3 N–H and O–H groups in total. The fraction of sp³-hybridized carbons (Fsp3) is 0.412. The number of hydrogen-bond donors (Lipinski definition) is 3. The Morgan fingerprint density at radius 3 is 2.00 bits per heavy atom. The second-order valence-electron chi connectivity index (χ2n) is 12.0. The lowest BCUT2D eigenvalue weighted by Gasteiger charge is -2.22. The summed E-state index contributed by atoms with van der Waals surface area (Å²) in [5.74, 6) is -1.19. The number of rotatable bonds is 15. The molecular weight excluding hydrogens is 572 g/mol. The van der Waals surface area contributed by atoms with E-state index >= 15 is 0 Å². The van der Waals surface area contributed by atoms with E-state index in [1.165, 1.54) is 0 Å². The Labute approximate surface area is 265 Å². The lowest BCUT2D eigenvalue weighted by molar-refractivity contribution is -0.129. The number of carbonyl (C=O) groups excluding carboxylic acids is 4. The van der Waals surface area contributed by atoms with Crippen molar-refractivity contribution in [1.29, 1.82) is 0 Å². The zero-order valence-corrected chi connectivity index (χ0v) is 26.7. The average molecular weight is 617 g/mol. The molecule has 240 valence electrons. The van der Waals surface area contributed by atoms with Gasteiger partial charge in [-0.25, -0.2) is 4.79 Å². The van der Waals surface area contributed by atoms with Crippen molar-refractivity contribution in [3.05, 3.63) is 90.0 Å². The van der Waals surface area contributed by atoms with Crippen LogP contribution in [0.5, 0.6) is 0 Å². The SMILES string of the molecule is C[C@@H](CC(=O)[C@@H](C)NC(=O)OC(C)(C)C)C(=O)NCCc1ccc(NC(=O)CN(Cc2ccccn2)Cc2ccccn2)cc1. The second-order valence-corrected chi connectivity index (χ2v) is 12.0. The maximum Gasteiger partial charge on any atom is 0.408 e. The van der Waals surface area contributed by atoms with Crippen LogP contribution < -0.4 is 16.0 Å². The van der Waals surface area contributed by atoms with Crippen molar-refractivity contribution in [3.63, 3.8) is 0 Å². The molecule has 2 atom stereocenters. The van der Waals surface area contributed by atoms with Gasteiger partial charge in [-0.1, -0.05) is 31.2 Å². The fourth-order valence-corrected chi connectivity index (χ4v) is 4.41. The first-order valence-corrected chi connectivity index (χ1v) is 15.1. The van der Waals surface area contributed by atoms with Crippen LogP contribution in [0.15, 0.2) is 73.1 Å². The molecule has 11 heteroatoms. The van der Waals surface area contributed by atoms with Crippen molar-refractivity contribution in [3.8, 4) is 0 Å². The molecule has 2 heterocycles. The Kier molecular flexibility index (Phi) is 13.2. The fourth-order valence-electron chi connectivity index (χ4n) is 4.41. The largest absolute Gasteiger partial charge is 0.444 e. The highest BCUT2D eigenvalue weighted by atomic mass is 16.6. The van der Waals surface area contributed by atoms with Gasteiger partial charge in [0.2, 0.25) is 11.8 Å². The molecule has 0 aliphatic rings. The Morgan fingerprint density at radius 2 is 1.47 bits per heavy atom. The molecule has 0 bridgehead atoms. The average Bonchev–Trinajstić information content (AvgIpc) is 2.98. The highest BCUT2D eigenvalue weighted by Gasteiger charge is 2.24. The number of hydrogen-bond acceptors (Lipinski definition) is 8. The van der Waals surface area contributed by atoms with E-state index in [-0.39, 0.29) is 30.6 Å². The van der Waals surface area contributed by atoms with E-state index in [1.807, 2.05) is 65.6 Å². The van der Waals surface area contributed by atoms with E-state index < -0.39 is 23.7 Å². The molecule has 0 saturated heterocycles. The molecule has 0 aliphatic carbocycles. The van der Waals surface area contributed by atoms with E-state index in [4.69, 9.17) is 4.74 Å². The van der Waals surface area contributed by atoms with Crippen molar-refractivity contribution >= 4 is 29.4 Å². The van der Waals surface area contributed by atoms with Crippen molar-refractivity contribution in [2.24, 2.45) is 5.92 Å². The number of ether oxygens (including phenoxy) is 1. The van der Waals surface area contributed by atoms with Crippen LogP contribution in [0.3, 0.4) is 0 Å². The highest BCUT2D eigenvalue weighted by Crippen LogP contribution is 2.13. The topological polar surface area (TPSA) is 143 Å². The van der Waals surface area contributed by atoms with Gasteiger partial charge in [0.05, 0.1) is 24.0 Å². The third kappa shape index (κ3) is 13.3. The summed E-state index contributed by atoms with van der Waals surface area (Å²) in [5, 5.41) is 8.33. The first-order chi connectivity index (χ1) is 21.4. The number of nitrogens with one attached hydrogen (secondary N) is 3. The van der Waals surface area contributed by atoms with Gasteiger partial charge in [0.15, 0.2) is 5.78 Å². The zero-order chi connectivity index (χ0) is 32.8. The maximum atomic E-state index is 12.9. The summed E-state index contributed by atoms with van der Waals surface area (Å²) in [4.78, 5) is 60.7. The molecule has 0 fully saturated rings. The molecule has 1 aromatic carbocycles. The monoisotopic (exact) mass is 616 g/mol. The number of nitrogens with zero attached hydrogens (tertiary/aromatic N) is 3. The third-order valence-electron chi connectivity index (χ3n) is 6.71. The summed E-state index contributed by atoms with van der Waals surface area (Å²) >= 11 is 0. The van der Waals surface area contributed by atoms with Crippen LogP contribution in [-0.4, -0.2) is 63.3 Å². The van der Waals surface area contributed by atoms with E-state index in [0.717, 1.165) is 17.0 Å². The van der Waals surface area contributed by atoms with Crippen molar-refractivity contribution < 1.29 is 23.9 Å². The molecule has 45 heavy (non-hydrogen) atoms. The molecule has 2 aromatic heterocycles. The minimum atomic E-state index is -0.765. The van der Waals surface area contributed by atoms with Gasteiger partial charge in [0, 0.05) is 50.1 Å². The molecule has 0 saturated carbocycles. The van der Waals surface area contributed by atoms with Gasteiger partial charge in [-0.3, -0.25) is 29.3 Å². The standard InChI is InChI=1S/C34H44N6O5/c1-24(20-30(41)25(2)38-33(44)45-34(3,4)5)32(43)37-19-16-26-12-14-27(15-13-26)39-31(42)23-40(21-28-10-6-8-17-35-28)22-29-11-7-9-18-36-29/h6-15,17-18,24-25H,16,19-23H2,1-5H3,(H,37,43)(H,38,44)(H,39,42)/t24-,25+/m0/s1. The number of alkyl carbamates (subject to hydrolysis) is 1. The minimum absolute atomic E-state index is 0.00164. The van der Waals surface area contributed by atoms with E-state index in [1.54, 1.807) is 47.0 Å². The van der Waals surface area contributed by atoms with Crippen LogP contribution in [0.25, 0.3) is 0 Å². The van der Waals surface area contributed by atoms with Crippen LogP contribution in [0, 0.1) is 5.92 Å². The minimum Gasteiger partial charge on any atom is -0.444 e. The van der Waals surface area contributed by atoms with Gasteiger partial charge in [-0.05, 0) is 76.1 Å².